The van der Waals surface area contributed by atoms with E-state index >= 15 is 0 Å². The molecule has 1 aliphatic rings. The van der Waals surface area contributed by atoms with Crippen LogP contribution in [0.3, 0.4) is 0 Å². The third kappa shape index (κ3) is 3.05. The lowest BCUT2D eigenvalue weighted by atomic mass is 9.99. The second kappa shape index (κ2) is 7.16. The number of likely N-dealkylation sites (tertiary alicyclic amines) is 1. The van der Waals surface area contributed by atoms with Crippen LogP contribution >= 0.6 is 12.4 Å². The largest absolute Gasteiger partial charge is 0.354 e. The smallest absolute Gasteiger partial charge is 0.0497 e. The van der Waals surface area contributed by atoms with Gasteiger partial charge in [-0.3, -0.25) is 0 Å². The number of aromatic nitrogens is 1. The maximum Gasteiger partial charge on any atom is 0.0497 e. The number of aryl methyl sites for hydroxylation is 2. The molecule has 0 unspecified atom stereocenters. The zero-order valence-corrected chi connectivity index (χ0v) is 15.5. The molecule has 2 aromatic carbocycles. The van der Waals surface area contributed by atoms with Gasteiger partial charge < -0.3 is 9.88 Å². The number of nitrogens with zero attached hydrogens (tertiary/aromatic N) is 1. The molecule has 0 saturated carbocycles. The number of fused-ring (bicyclic) bond motifs is 3. The first-order valence-corrected chi connectivity index (χ1v) is 8.96. The van der Waals surface area contributed by atoms with E-state index in [1.165, 1.54) is 77.4 Å². The fourth-order valence-corrected chi connectivity index (χ4v) is 4.10. The van der Waals surface area contributed by atoms with Crippen LogP contribution in [-0.2, 0) is 6.42 Å². The van der Waals surface area contributed by atoms with Crippen molar-refractivity contribution in [3.63, 3.8) is 0 Å². The second-order valence-corrected chi connectivity index (χ2v) is 7.07. The lowest BCUT2D eigenvalue weighted by molar-refractivity contribution is 0.231. The molecule has 2 heterocycles. The van der Waals surface area contributed by atoms with E-state index in [9.17, 15) is 0 Å². The Morgan fingerprint density at radius 1 is 0.917 bits per heavy atom. The van der Waals surface area contributed by atoms with E-state index in [0.29, 0.717) is 0 Å². The number of benzene rings is 2. The molecule has 24 heavy (non-hydrogen) atoms. The third-order valence-corrected chi connectivity index (χ3v) is 5.43. The first-order chi connectivity index (χ1) is 11.2. The van der Waals surface area contributed by atoms with Crippen LogP contribution in [0.1, 0.15) is 36.0 Å². The van der Waals surface area contributed by atoms with E-state index in [1.54, 1.807) is 0 Å². The van der Waals surface area contributed by atoms with Gasteiger partial charge >= 0.3 is 0 Å². The van der Waals surface area contributed by atoms with Crippen molar-refractivity contribution in [2.75, 3.05) is 19.6 Å². The quantitative estimate of drug-likeness (QED) is 0.676. The molecule has 0 aliphatic carbocycles. The number of aromatic amines is 1. The molecule has 0 bridgehead atoms. The minimum Gasteiger partial charge on any atom is -0.354 e. The van der Waals surface area contributed by atoms with Gasteiger partial charge in [-0.25, -0.2) is 0 Å². The van der Waals surface area contributed by atoms with Crippen molar-refractivity contribution in [2.45, 2.75) is 39.5 Å². The average molecular weight is 343 g/mol. The normalized spacial score (nSPS) is 15.8. The summed E-state index contributed by atoms with van der Waals surface area (Å²) in [5.41, 5.74) is 6.80. The summed E-state index contributed by atoms with van der Waals surface area (Å²) in [6.45, 7) is 8.18. The number of hydrogen-bond donors (Lipinski definition) is 1. The lowest BCUT2D eigenvalue weighted by Crippen LogP contribution is -2.31. The van der Waals surface area contributed by atoms with Gasteiger partial charge in [-0.15, -0.1) is 12.4 Å². The molecule has 0 spiro atoms. The van der Waals surface area contributed by atoms with E-state index < -0.39 is 0 Å². The van der Waals surface area contributed by atoms with E-state index in [-0.39, 0.29) is 12.4 Å². The molecular weight excluding hydrogens is 316 g/mol. The highest BCUT2D eigenvalue weighted by Crippen LogP contribution is 2.33. The lowest BCUT2D eigenvalue weighted by Gasteiger charge is -2.26. The van der Waals surface area contributed by atoms with Gasteiger partial charge in [0.05, 0.1) is 0 Å². The zero-order valence-electron chi connectivity index (χ0n) is 14.7. The SMILES string of the molecule is Cc1ccc(C)c2c1[nH]c1cccc(CCN3CCCCC3)c12.Cl. The molecule has 0 amide bonds. The summed E-state index contributed by atoms with van der Waals surface area (Å²) >= 11 is 0. The summed E-state index contributed by atoms with van der Waals surface area (Å²) in [6.07, 6.45) is 5.30. The van der Waals surface area contributed by atoms with Crippen molar-refractivity contribution >= 4 is 34.2 Å². The number of H-pyrrole nitrogens is 1. The summed E-state index contributed by atoms with van der Waals surface area (Å²) in [5.74, 6) is 0. The van der Waals surface area contributed by atoms with Gasteiger partial charge in [-0.2, -0.15) is 0 Å². The van der Waals surface area contributed by atoms with Crippen LogP contribution in [-0.4, -0.2) is 29.5 Å². The maximum atomic E-state index is 3.65. The van der Waals surface area contributed by atoms with E-state index in [2.05, 4.69) is 54.1 Å². The maximum absolute atomic E-state index is 3.65. The van der Waals surface area contributed by atoms with Crippen molar-refractivity contribution in [3.8, 4) is 0 Å². The van der Waals surface area contributed by atoms with Crippen LogP contribution in [0.2, 0.25) is 0 Å². The molecule has 1 saturated heterocycles. The molecule has 3 heteroatoms. The molecule has 1 aromatic heterocycles. The predicted octanol–water partition coefficient (Wildman–Crippen LogP) is 5.39. The fourth-order valence-electron chi connectivity index (χ4n) is 4.10. The first-order valence-electron chi connectivity index (χ1n) is 8.96. The Labute approximate surface area is 150 Å². The van der Waals surface area contributed by atoms with Crippen molar-refractivity contribution in [1.82, 2.24) is 9.88 Å². The van der Waals surface area contributed by atoms with Crippen LogP contribution in [0.4, 0.5) is 0 Å². The minimum atomic E-state index is 0. The number of halogens is 1. The Bertz CT molecular complexity index is 844. The highest BCUT2D eigenvalue weighted by Gasteiger charge is 2.14. The van der Waals surface area contributed by atoms with Gasteiger partial charge in [0, 0.05) is 28.4 Å². The molecular formula is C21H27ClN2. The molecule has 4 rings (SSSR count). The summed E-state index contributed by atoms with van der Waals surface area (Å²) in [6, 6.07) is 11.2. The molecule has 2 nitrogen and oxygen atoms in total. The van der Waals surface area contributed by atoms with Gasteiger partial charge in [0.25, 0.3) is 0 Å². The van der Waals surface area contributed by atoms with E-state index in [4.69, 9.17) is 0 Å². The topological polar surface area (TPSA) is 19.0 Å². The molecule has 3 aromatic rings. The van der Waals surface area contributed by atoms with E-state index in [1.807, 2.05) is 0 Å². The van der Waals surface area contributed by atoms with Crippen LogP contribution in [0.25, 0.3) is 21.8 Å². The highest BCUT2D eigenvalue weighted by atomic mass is 35.5. The molecule has 1 N–H and O–H groups in total. The summed E-state index contributed by atoms with van der Waals surface area (Å²) in [7, 11) is 0. The predicted molar refractivity (Wildman–Crippen MR) is 107 cm³/mol. The van der Waals surface area contributed by atoms with Crippen LogP contribution in [0, 0.1) is 13.8 Å². The van der Waals surface area contributed by atoms with Gasteiger partial charge in [0.1, 0.15) is 0 Å². The van der Waals surface area contributed by atoms with Crippen LogP contribution in [0.5, 0.6) is 0 Å². The van der Waals surface area contributed by atoms with Crippen LogP contribution < -0.4 is 0 Å². The van der Waals surface area contributed by atoms with Crippen molar-refractivity contribution in [1.29, 1.82) is 0 Å². The molecule has 1 aliphatic heterocycles. The third-order valence-electron chi connectivity index (χ3n) is 5.43. The Kier molecular flexibility index (Phi) is 5.17. The summed E-state index contributed by atoms with van der Waals surface area (Å²) < 4.78 is 0. The Morgan fingerprint density at radius 2 is 1.67 bits per heavy atom. The fraction of sp³-hybridized carbons (Fsp3) is 0.429. The summed E-state index contributed by atoms with van der Waals surface area (Å²) in [4.78, 5) is 6.29. The average Bonchev–Trinajstić information content (AvgIpc) is 2.99. The monoisotopic (exact) mass is 342 g/mol. The number of rotatable bonds is 3. The summed E-state index contributed by atoms with van der Waals surface area (Å²) in [5, 5.41) is 2.87. The molecule has 0 radical (unpaired) electrons. The van der Waals surface area contributed by atoms with Gasteiger partial charge in [0.2, 0.25) is 0 Å². The van der Waals surface area contributed by atoms with Crippen molar-refractivity contribution < 1.29 is 0 Å². The number of piperidine rings is 1. The van der Waals surface area contributed by atoms with Gasteiger partial charge in [-0.1, -0.05) is 30.7 Å². The first kappa shape index (κ1) is 17.3. The second-order valence-electron chi connectivity index (χ2n) is 7.07. The highest BCUT2D eigenvalue weighted by molar-refractivity contribution is 6.11. The Balaban J connectivity index is 0.00000169. The van der Waals surface area contributed by atoms with Gasteiger partial charge in [0.15, 0.2) is 0 Å². The molecule has 0 atom stereocenters. The molecule has 128 valence electrons. The van der Waals surface area contributed by atoms with Crippen LogP contribution in [0.15, 0.2) is 30.3 Å². The number of hydrogen-bond acceptors (Lipinski definition) is 1. The minimum absolute atomic E-state index is 0. The van der Waals surface area contributed by atoms with Crippen molar-refractivity contribution in [3.05, 3.63) is 47.0 Å². The number of nitrogens with one attached hydrogen (secondary N) is 1. The Hall–Kier alpha value is -1.51. The van der Waals surface area contributed by atoms with E-state index in [0.717, 1.165) is 6.42 Å². The Morgan fingerprint density at radius 3 is 2.46 bits per heavy atom. The zero-order chi connectivity index (χ0) is 15.8. The van der Waals surface area contributed by atoms with Crippen molar-refractivity contribution in [2.24, 2.45) is 0 Å². The molecule has 1 fully saturated rings. The van der Waals surface area contributed by atoms with Gasteiger partial charge in [-0.05, 0) is 69.0 Å². The standard InChI is InChI=1S/C21H26N2.ClH/c1-15-9-10-16(2)21-19(15)20-17(7-6-8-18(20)22-21)11-14-23-12-4-3-5-13-23;/h6-10,22H,3-5,11-14H2,1-2H3;1H.